The third-order valence-electron chi connectivity index (χ3n) is 2.80. The van der Waals surface area contributed by atoms with Crippen molar-refractivity contribution in [1.82, 2.24) is 10.2 Å². The number of hydrogen-bond donors (Lipinski definition) is 3. The van der Waals surface area contributed by atoms with E-state index in [1.807, 2.05) is 0 Å². The second-order valence-electron chi connectivity index (χ2n) is 4.40. The summed E-state index contributed by atoms with van der Waals surface area (Å²) < 4.78 is 39.9. The number of aryl methyl sites for hydroxylation is 2. The number of sulfonamides is 1. The molecule has 7 nitrogen and oxygen atoms in total. The first kappa shape index (κ1) is 15.0. The number of aromatic amines is 1. The summed E-state index contributed by atoms with van der Waals surface area (Å²) in [4.78, 5) is 10.6. The summed E-state index contributed by atoms with van der Waals surface area (Å²) in [6, 6.07) is 3.53. The van der Waals surface area contributed by atoms with Crippen LogP contribution in [-0.4, -0.2) is 29.7 Å². The fraction of sp³-hybridized carbons (Fsp3) is 0.167. The van der Waals surface area contributed by atoms with Gasteiger partial charge in [-0.05, 0) is 37.6 Å². The summed E-state index contributed by atoms with van der Waals surface area (Å²) in [5.74, 6) is -1.96. The van der Waals surface area contributed by atoms with Crippen molar-refractivity contribution in [2.24, 2.45) is 0 Å². The lowest BCUT2D eigenvalue weighted by atomic mass is 10.2. The Bertz CT molecular complexity index is 814. The highest BCUT2D eigenvalue weighted by atomic mass is 32.2. The van der Waals surface area contributed by atoms with Crippen LogP contribution in [0.5, 0.6) is 0 Å². The minimum atomic E-state index is -4.16. The molecule has 3 N–H and O–H groups in total. The predicted octanol–water partition coefficient (Wildman–Crippen LogP) is 1.66. The topological polar surface area (TPSA) is 112 Å². The van der Waals surface area contributed by atoms with Crippen LogP contribution in [0.2, 0.25) is 0 Å². The van der Waals surface area contributed by atoms with E-state index in [4.69, 9.17) is 5.11 Å². The normalized spacial score (nSPS) is 11.4. The van der Waals surface area contributed by atoms with Gasteiger partial charge in [0.05, 0.1) is 11.4 Å². The number of carboxylic acids is 1. The highest BCUT2D eigenvalue weighted by molar-refractivity contribution is 7.92. The molecule has 0 unspecified atom stereocenters. The van der Waals surface area contributed by atoms with Crippen LogP contribution in [0, 0.1) is 19.7 Å². The molecule has 2 rings (SSSR count). The molecule has 112 valence electrons. The summed E-state index contributed by atoms with van der Waals surface area (Å²) in [6.07, 6.45) is 0. The Hall–Kier alpha value is -2.42. The summed E-state index contributed by atoms with van der Waals surface area (Å²) in [5, 5.41) is 14.8. The highest BCUT2D eigenvalue weighted by Crippen LogP contribution is 2.23. The number of carboxylic acid groups (broad SMARTS) is 1. The zero-order chi connectivity index (χ0) is 15.8. The van der Waals surface area contributed by atoms with Gasteiger partial charge in [-0.3, -0.25) is 9.82 Å². The van der Waals surface area contributed by atoms with Crippen molar-refractivity contribution in [3.63, 3.8) is 0 Å². The standard InChI is InChI=1S/C12H12FN3O4S/c1-6-5-8(13)3-4-9(6)16-21(19,20)11-7(2)14-15-10(11)12(17)18/h3-5,16H,1-2H3,(H,14,15)(H,17,18). The number of anilines is 1. The lowest BCUT2D eigenvalue weighted by Crippen LogP contribution is -2.17. The van der Waals surface area contributed by atoms with Crippen molar-refractivity contribution in [2.75, 3.05) is 4.72 Å². The van der Waals surface area contributed by atoms with Crippen molar-refractivity contribution in [2.45, 2.75) is 18.7 Å². The summed E-state index contributed by atoms with van der Waals surface area (Å²) in [6.45, 7) is 2.92. The van der Waals surface area contributed by atoms with Crippen LogP contribution in [0.4, 0.5) is 10.1 Å². The molecule has 0 bridgehead atoms. The van der Waals surface area contributed by atoms with Gasteiger partial charge in [-0.15, -0.1) is 0 Å². The molecular formula is C12H12FN3O4S. The Balaban J connectivity index is 2.48. The van der Waals surface area contributed by atoms with Crippen molar-refractivity contribution in [3.05, 3.63) is 41.0 Å². The van der Waals surface area contributed by atoms with Gasteiger partial charge in [0.1, 0.15) is 10.7 Å². The van der Waals surface area contributed by atoms with Crippen LogP contribution in [0.1, 0.15) is 21.7 Å². The third-order valence-corrected chi connectivity index (χ3v) is 4.32. The first-order valence-electron chi connectivity index (χ1n) is 5.79. The van der Waals surface area contributed by atoms with Gasteiger partial charge in [-0.2, -0.15) is 5.10 Å². The Morgan fingerprint density at radius 3 is 2.62 bits per heavy atom. The summed E-state index contributed by atoms with van der Waals surface area (Å²) >= 11 is 0. The maximum atomic E-state index is 13.0. The zero-order valence-corrected chi connectivity index (χ0v) is 12.0. The number of aromatic nitrogens is 2. The van der Waals surface area contributed by atoms with Gasteiger partial charge in [-0.25, -0.2) is 17.6 Å². The molecule has 0 aliphatic carbocycles. The van der Waals surface area contributed by atoms with Crippen molar-refractivity contribution in [1.29, 1.82) is 0 Å². The fourth-order valence-corrected chi connectivity index (χ4v) is 3.29. The van der Waals surface area contributed by atoms with E-state index >= 15 is 0 Å². The van der Waals surface area contributed by atoms with Crippen LogP contribution >= 0.6 is 0 Å². The Labute approximate surface area is 119 Å². The van der Waals surface area contributed by atoms with E-state index in [0.717, 1.165) is 12.1 Å². The summed E-state index contributed by atoms with van der Waals surface area (Å²) in [7, 11) is -4.16. The molecule has 0 atom stereocenters. The molecule has 0 radical (unpaired) electrons. The number of aromatic carboxylic acids is 1. The number of halogens is 1. The molecule has 0 saturated carbocycles. The van der Waals surface area contributed by atoms with Gasteiger partial charge in [0.15, 0.2) is 5.69 Å². The molecule has 0 fully saturated rings. The van der Waals surface area contributed by atoms with Crippen molar-refractivity contribution in [3.8, 4) is 0 Å². The van der Waals surface area contributed by atoms with Crippen LogP contribution in [0.15, 0.2) is 23.1 Å². The molecule has 1 aromatic carbocycles. The van der Waals surface area contributed by atoms with Crippen LogP contribution in [0.25, 0.3) is 0 Å². The number of rotatable bonds is 4. The Morgan fingerprint density at radius 2 is 2.05 bits per heavy atom. The van der Waals surface area contributed by atoms with E-state index in [9.17, 15) is 17.6 Å². The average Bonchev–Trinajstić information content (AvgIpc) is 2.76. The first-order chi connectivity index (χ1) is 9.72. The van der Waals surface area contributed by atoms with Gasteiger partial charge < -0.3 is 5.11 Å². The zero-order valence-electron chi connectivity index (χ0n) is 11.1. The van der Waals surface area contributed by atoms with Gasteiger partial charge in [0.2, 0.25) is 0 Å². The second-order valence-corrected chi connectivity index (χ2v) is 6.02. The molecule has 0 saturated heterocycles. The maximum Gasteiger partial charge on any atom is 0.357 e. The van der Waals surface area contributed by atoms with E-state index in [-0.39, 0.29) is 11.4 Å². The molecule has 1 aromatic heterocycles. The lowest BCUT2D eigenvalue weighted by Gasteiger charge is -2.10. The first-order valence-corrected chi connectivity index (χ1v) is 7.28. The van der Waals surface area contributed by atoms with Crippen LogP contribution < -0.4 is 4.72 Å². The fourth-order valence-electron chi connectivity index (χ4n) is 1.83. The van der Waals surface area contributed by atoms with E-state index in [1.165, 1.54) is 19.9 Å². The molecule has 9 heteroatoms. The maximum absolute atomic E-state index is 13.0. The van der Waals surface area contributed by atoms with Crippen molar-refractivity contribution >= 4 is 21.7 Å². The summed E-state index contributed by atoms with van der Waals surface area (Å²) in [5.41, 5.74) is 0.0318. The predicted molar refractivity (Wildman–Crippen MR) is 72.2 cm³/mol. The Kier molecular flexibility index (Phi) is 3.69. The minimum absolute atomic E-state index is 0.0969. The molecule has 1 heterocycles. The van der Waals surface area contributed by atoms with Crippen LogP contribution in [-0.2, 0) is 10.0 Å². The van der Waals surface area contributed by atoms with E-state index in [2.05, 4.69) is 14.9 Å². The Morgan fingerprint density at radius 1 is 1.38 bits per heavy atom. The third kappa shape index (κ3) is 2.87. The van der Waals surface area contributed by atoms with E-state index in [1.54, 1.807) is 0 Å². The van der Waals surface area contributed by atoms with Gasteiger partial charge in [0, 0.05) is 0 Å². The van der Waals surface area contributed by atoms with Gasteiger partial charge in [-0.1, -0.05) is 0 Å². The molecule has 21 heavy (non-hydrogen) atoms. The second kappa shape index (κ2) is 5.17. The van der Waals surface area contributed by atoms with Crippen LogP contribution in [0.3, 0.4) is 0 Å². The molecule has 0 amide bonds. The smallest absolute Gasteiger partial charge is 0.357 e. The number of carbonyl (C=O) groups is 1. The molecule has 2 aromatic rings. The monoisotopic (exact) mass is 313 g/mol. The average molecular weight is 313 g/mol. The van der Waals surface area contributed by atoms with E-state index in [0.29, 0.717) is 5.56 Å². The number of hydrogen-bond acceptors (Lipinski definition) is 4. The quantitative estimate of drug-likeness (QED) is 0.794. The highest BCUT2D eigenvalue weighted by Gasteiger charge is 2.28. The van der Waals surface area contributed by atoms with Gasteiger partial charge >= 0.3 is 5.97 Å². The molecule has 0 spiro atoms. The lowest BCUT2D eigenvalue weighted by molar-refractivity contribution is 0.0686. The molecule has 0 aliphatic heterocycles. The number of nitrogens with zero attached hydrogens (tertiary/aromatic N) is 1. The molecular weight excluding hydrogens is 301 g/mol. The number of nitrogens with one attached hydrogen (secondary N) is 2. The largest absolute Gasteiger partial charge is 0.476 e. The minimum Gasteiger partial charge on any atom is -0.476 e. The van der Waals surface area contributed by atoms with Gasteiger partial charge in [0.25, 0.3) is 10.0 Å². The van der Waals surface area contributed by atoms with Crippen molar-refractivity contribution < 1.29 is 22.7 Å². The number of benzene rings is 1. The van der Waals surface area contributed by atoms with E-state index < -0.39 is 32.4 Å². The molecule has 0 aliphatic rings. The number of H-pyrrole nitrogens is 1. The SMILES string of the molecule is Cc1cc(F)ccc1NS(=O)(=O)c1c(C(=O)O)n[nH]c1C.